The Morgan fingerprint density at radius 1 is 0.882 bits per heavy atom. The second kappa shape index (κ2) is 22.8. The zero-order valence-electron chi connectivity index (χ0n) is 38.4. The number of hydrogen-bond acceptors (Lipinski definition) is 12. The largest absolute Gasteiger partial charge is 0.507 e. The summed E-state index contributed by atoms with van der Waals surface area (Å²) >= 11 is 6.06. The summed E-state index contributed by atoms with van der Waals surface area (Å²) in [5.74, 6) is -4.83. The molecule has 4 aromatic rings. The first-order valence-electron chi connectivity index (χ1n) is 22.5. The Kier molecular flexibility index (Phi) is 17.0. The summed E-state index contributed by atoms with van der Waals surface area (Å²) < 4.78 is 4.89. The number of ketones is 1. The standard InChI is InChI=1S/C50H58ClN7O10/c1-28(43(61)27-58-23-7-9-40(58)50(67)68-4)53-47(64)39-25-30-10-20-41(59)36(24-30)37-26-34(17-21-42(37)60)44(48(65)54-29(2)45(62)56-39)57(3)49(66)38(8-5-6-22-52)55-46(63)33-13-11-31(12-14-33)32-15-18-35(51)19-16-32/h10-21,24,26,28-29,38-40,44,59-60H,5-9,22-23,25,27,52H2,1-4H3,(H,53,64)(H,54,65)(H,55,63)(H,56,62)/t28-,29-,38-,39-,40-,44-/m0/s1. The number of likely N-dealkylation sites (tertiary alicyclic amines) is 1. The average molecular weight is 953 g/mol. The number of nitrogens with two attached hydrogens (primary N) is 1. The lowest BCUT2D eigenvalue weighted by atomic mass is 9.93. The number of Topliss-reactive ketones (excluding diaryl/α,β-unsaturated/α-hetero) is 1. The van der Waals surface area contributed by atoms with Crippen molar-refractivity contribution >= 4 is 52.9 Å². The number of carbonyl (C=O) groups is 7. The van der Waals surface area contributed by atoms with Crippen molar-refractivity contribution in [3.05, 3.63) is 107 Å². The van der Waals surface area contributed by atoms with Crippen molar-refractivity contribution in [1.82, 2.24) is 31.1 Å². The molecule has 1 saturated heterocycles. The summed E-state index contributed by atoms with van der Waals surface area (Å²) in [7, 11) is 2.67. The van der Waals surface area contributed by atoms with Crippen LogP contribution in [0.3, 0.4) is 0 Å². The van der Waals surface area contributed by atoms with E-state index in [1.807, 2.05) is 12.1 Å². The van der Waals surface area contributed by atoms with Crippen LogP contribution >= 0.6 is 11.6 Å². The van der Waals surface area contributed by atoms with Gasteiger partial charge in [0.1, 0.15) is 41.7 Å². The van der Waals surface area contributed by atoms with E-state index < -0.39 is 71.8 Å². The number of benzene rings is 4. The van der Waals surface area contributed by atoms with Gasteiger partial charge in [-0.1, -0.05) is 48.0 Å². The van der Waals surface area contributed by atoms with Crippen LogP contribution in [0.25, 0.3) is 22.3 Å². The summed E-state index contributed by atoms with van der Waals surface area (Å²) in [6, 6.07) is 15.9. The molecule has 4 bridgehead atoms. The van der Waals surface area contributed by atoms with Crippen molar-refractivity contribution in [3.8, 4) is 33.8 Å². The minimum Gasteiger partial charge on any atom is -0.507 e. The van der Waals surface area contributed by atoms with Crippen LogP contribution in [0, 0.1) is 0 Å². The monoisotopic (exact) mass is 951 g/mol. The van der Waals surface area contributed by atoms with Crippen molar-refractivity contribution in [2.75, 3.05) is 33.8 Å². The zero-order valence-corrected chi connectivity index (χ0v) is 39.2. The maximum absolute atomic E-state index is 14.6. The summed E-state index contributed by atoms with van der Waals surface area (Å²) in [6.45, 7) is 3.61. The van der Waals surface area contributed by atoms with Crippen molar-refractivity contribution in [3.63, 3.8) is 0 Å². The first kappa shape index (κ1) is 50.6. The Labute approximate surface area is 399 Å². The number of likely N-dealkylation sites (N-methyl/N-ethyl adjacent to an activating group) is 1. The Hall–Kier alpha value is -6.82. The van der Waals surface area contributed by atoms with Gasteiger partial charge in [-0.3, -0.25) is 38.5 Å². The number of aromatic hydroxyl groups is 2. The minimum atomic E-state index is -1.46. The number of carbonyl (C=O) groups excluding carboxylic acids is 7. The number of halogens is 1. The van der Waals surface area contributed by atoms with Crippen LogP contribution in [0.4, 0.5) is 0 Å². The molecule has 1 fully saturated rings. The molecule has 6 rings (SSSR count). The van der Waals surface area contributed by atoms with Gasteiger partial charge in [-0.2, -0.15) is 0 Å². The van der Waals surface area contributed by atoms with E-state index in [4.69, 9.17) is 22.1 Å². The number of esters is 1. The van der Waals surface area contributed by atoms with E-state index in [-0.39, 0.29) is 58.9 Å². The normalized spacial score (nSPS) is 19.3. The van der Waals surface area contributed by atoms with Crippen LogP contribution < -0.4 is 27.0 Å². The molecule has 8 N–H and O–H groups in total. The first-order valence-corrected chi connectivity index (χ1v) is 22.9. The number of nitrogens with one attached hydrogen (secondary N) is 4. The third-order valence-electron chi connectivity index (χ3n) is 12.4. The van der Waals surface area contributed by atoms with Crippen LogP contribution in [0.15, 0.2) is 84.9 Å². The molecule has 68 heavy (non-hydrogen) atoms. The SMILES string of the molecule is COC(=O)[C@@H]1CCCN1CC(=O)[C@H](C)NC(=O)[C@@H]1Cc2ccc(O)c(c2)-c2cc(ccc2O)[C@H](N(C)C(=O)[C@H](CCCCN)NC(=O)c2ccc(-c3ccc(Cl)cc3)cc2)C(=O)N[C@@H](C)C(=O)N1. The smallest absolute Gasteiger partial charge is 0.323 e. The number of rotatable bonds is 15. The molecule has 2 aliphatic heterocycles. The Morgan fingerprint density at radius 3 is 2.19 bits per heavy atom. The van der Waals surface area contributed by atoms with Gasteiger partial charge in [-0.25, -0.2) is 0 Å². The van der Waals surface area contributed by atoms with Gasteiger partial charge in [0.25, 0.3) is 5.91 Å². The molecule has 2 heterocycles. The third-order valence-corrected chi connectivity index (χ3v) is 12.7. The molecule has 4 aromatic carbocycles. The van der Waals surface area contributed by atoms with Gasteiger partial charge >= 0.3 is 5.97 Å². The van der Waals surface area contributed by atoms with E-state index in [0.717, 1.165) is 16.0 Å². The van der Waals surface area contributed by atoms with E-state index in [9.17, 15) is 43.8 Å². The molecule has 0 aromatic heterocycles. The third kappa shape index (κ3) is 12.2. The maximum Gasteiger partial charge on any atom is 0.323 e. The predicted molar refractivity (Wildman–Crippen MR) is 254 cm³/mol. The Balaban J connectivity index is 1.27. The van der Waals surface area contributed by atoms with Gasteiger partial charge in [0.05, 0.1) is 19.7 Å². The van der Waals surface area contributed by atoms with Crippen LogP contribution in [-0.2, 0) is 39.9 Å². The van der Waals surface area contributed by atoms with Crippen molar-refractivity contribution in [1.29, 1.82) is 0 Å². The fourth-order valence-corrected chi connectivity index (χ4v) is 8.61. The number of phenolic OH excluding ortho intramolecular Hbond substituents is 2. The molecule has 0 radical (unpaired) electrons. The van der Waals surface area contributed by atoms with Gasteiger partial charge in [0.2, 0.25) is 23.6 Å². The quantitative estimate of drug-likeness (QED) is 0.0665. The van der Waals surface area contributed by atoms with Crippen LogP contribution in [-0.4, -0.2) is 125 Å². The lowest BCUT2D eigenvalue weighted by Gasteiger charge is -2.32. The second-order valence-corrected chi connectivity index (χ2v) is 17.7. The number of fused-ring (bicyclic) bond motifs is 5. The number of hydrogen-bond donors (Lipinski definition) is 7. The molecule has 17 nitrogen and oxygen atoms in total. The fourth-order valence-electron chi connectivity index (χ4n) is 8.49. The van der Waals surface area contributed by atoms with Gasteiger partial charge in [-0.05, 0) is 130 Å². The van der Waals surface area contributed by atoms with Crippen LogP contribution in [0.5, 0.6) is 11.5 Å². The van der Waals surface area contributed by atoms with Crippen molar-refractivity contribution < 1.29 is 48.5 Å². The summed E-state index contributed by atoms with van der Waals surface area (Å²) in [5, 5.41) is 33.9. The van der Waals surface area contributed by atoms with Crippen LogP contribution in [0.1, 0.15) is 73.5 Å². The minimum absolute atomic E-state index is 0.0943. The fraction of sp³-hybridized carbons (Fsp3) is 0.380. The molecular weight excluding hydrogens is 894 g/mol. The highest BCUT2D eigenvalue weighted by atomic mass is 35.5. The van der Waals surface area contributed by atoms with Crippen molar-refractivity contribution in [2.24, 2.45) is 5.73 Å². The lowest BCUT2D eigenvalue weighted by Crippen LogP contribution is -2.57. The highest BCUT2D eigenvalue weighted by molar-refractivity contribution is 6.30. The van der Waals surface area contributed by atoms with E-state index in [1.54, 1.807) is 47.4 Å². The molecule has 0 aliphatic carbocycles. The number of methoxy groups -OCH3 is 1. The summed E-state index contributed by atoms with van der Waals surface area (Å²) in [6.07, 6.45) is 2.27. The molecule has 5 amide bonds. The topological polar surface area (TPSA) is 250 Å². The molecule has 2 aliphatic rings. The molecule has 360 valence electrons. The second-order valence-electron chi connectivity index (χ2n) is 17.2. The number of nitrogens with zero attached hydrogens (tertiary/aromatic N) is 2. The number of ether oxygens (including phenoxy) is 1. The van der Waals surface area contributed by atoms with E-state index in [0.29, 0.717) is 49.4 Å². The number of amides is 5. The van der Waals surface area contributed by atoms with E-state index in [1.165, 1.54) is 58.3 Å². The van der Waals surface area contributed by atoms with Gasteiger partial charge in [-0.15, -0.1) is 0 Å². The number of unbranched alkanes of at least 4 members (excludes halogenated alkanes) is 1. The maximum atomic E-state index is 14.6. The lowest BCUT2D eigenvalue weighted by molar-refractivity contribution is -0.146. The predicted octanol–water partition coefficient (Wildman–Crippen LogP) is 3.77. The first-order chi connectivity index (χ1) is 32.5. The zero-order chi connectivity index (χ0) is 49.2. The Bertz CT molecular complexity index is 2520. The van der Waals surface area contributed by atoms with Crippen molar-refractivity contribution in [2.45, 2.75) is 88.6 Å². The summed E-state index contributed by atoms with van der Waals surface area (Å²) in [4.78, 5) is 99.3. The van der Waals surface area contributed by atoms with Crippen LogP contribution in [0.2, 0.25) is 5.02 Å². The number of phenols is 2. The molecule has 6 atom stereocenters. The highest BCUT2D eigenvalue weighted by Gasteiger charge is 2.37. The molecule has 18 heteroatoms. The van der Waals surface area contributed by atoms with Gasteiger partial charge < -0.3 is 46.9 Å². The Morgan fingerprint density at radius 2 is 1.53 bits per heavy atom. The molecule has 0 unspecified atom stereocenters. The molecule has 0 spiro atoms. The molecular formula is C50H58ClN7O10. The van der Waals surface area contributed by atoms with E-state index >= 15 is 0 Å². The van der Waals surface area contributed by atoms with E-state index in [2.05, 4.69) is 21.3 Å². The van der Waals surface area contributed by atoms with Gasteiger partial charge in [0.15, 0.2) is 5.78 Å². The highest BCUT2D eigenvalue weighted by Crippen LogP contribution is 2.39. The van der Waals surface area contributed by atoms with Gasteiger partial charge in [0, 0.05) is 35.2 Å². The summed E-state index contributed by atoms with van der Waals surface area (Å²) in [5.41, 5.74) is 8.68. The average Bonchev–Trinajstić information content (AvgIpc) is 3.79. The molecule has 0 saturated carbocycles.